The van der Waals surface area contributed by atoms with Gasteiger partial charge in [0.15, 0.2) is 0 Å². The first-order valence-electron chi connectivity index (χ1n) is 7.23. The van der Waals surface area contributed by atoms with Crippen molar-refractivity contribution in [1.29, 1.82) is 0 Å². The van der Waals surface area contributed by atoms with Crippen LogP contribution in [0.15, 0.2) is 18.2 Å². The summed E-state index contributed by atoms with van der Waals surface area (Å²) in [5.74, 6) is -0.459. The van der Waals surface area contributed by atoms with Crippen LogP contribution in [0.25, 0.3) is 0 Å². The predicted octanol–water partition coefficient (Wildman–Crippen LogP) is 0.272. The van der Waals surface area contributed by atoms with Gasteiger partial charge in [-0.3, -0.25) is 9.59 Å². The van der Waals surface area contributed by atoms with Gasteiger partial charge in [-0.15, -0.1) is 0 Å². The van der Waals surface area contributed by atoms with Crippen molar-refractivity contribution in [3.05, 3.63) is 29.6 Å². The van der Waals surface area contributed by atoms with E-state index in [4.69, 9.17) is 9.47 Å². The molecule has 7 nitrogen and oxygen atoms in total. The number of carbonyl (C=O) groups excluding carboxylic acids is 2. The molecule has 1 aromatic heterocycles. The van der Waals surface area contributed by atoms with Crippen LogP contribution < -0.4 is 0 Å². The number of nitrogens with zero attached hydrogens (tertiary/aromatic N) is 3. The van der Waals surface area contributed by atoms with Gasteiger partial charge in [-0.25, -0.2) is 4.98 Å². The summed E-state index contributed by atoms with van der Waals surface area (Å²) in [6, 6.07) is 4.88. The molecule has 2 rings (SSSR count). The number of carbonyl (C=O) groups is 2. The molecule has 2 bridgehead atoms. The molecule has 0 saturated heterocycles. The van der Waals surface area contributed by atoms with Gasteiger partial charge in [0.25, 0.3) is 11.8 Å². The molecule has 7 heteroatoms. The van der Waals surface area contributed by atoms with Gasteiger partial charge < -0.3 is 19.3 Å². The summed E-state index contributed by atoms with van der Waals surface area (Å²) < 4.78 is 10.8. The van der Waals surface area contributed by atoms with Gasteiger partial charge in [0.1, 0.15) is 11.4 Å². The van der Waals surface area contributed by atoms with Crippen LogP contribution in [0.3, 0.4) is 0 Å². The Morgan fingerprint density at radius 1 is 0.864 bits per heavy atom. The predicted molar refractivity (Wildman–Crippen MR) is 79.8 cm³/mol. The first kappa shape index (κ1) is 16.4. The van der Waals surface area contributed by atoms with Crippen LogP contribution >= 0.6 is 0 Å². The van der Waals surface area contributed by atoms with Crippen LogP contribution in [-0.4, -0.2) is 80.2 Å². The van der Waals surface area contributed by atoms with Gasteiger partial charge in [0.2, 0.25) is 0 Å². The minimum Gasteiger partial charge on any atom is -0.377 e. The number of fused-ring (bicyclic) bond motifs is 2. The lowest BCUT2D eigenvalue weighted by molar-refractivity contribution is 0.0327. The van der Waals surface area contributed by atoms with E-state index >= 15 is 0 Å². The van der Waals surface area contributed by atoms with Gasteiger partial charge in [-0.05, 0) is 12.1 Å². The topological polar surface area (TPSA) is 72.0 Å². The molecule has 0 saturated carbocycles. The summed E-state index contributed by atoms with van der Waals surface area (Å²) in [5.41, 5.74) is 0.515. The van der Waals surface area contributed by atoms with Crippen molar-refractivity contribution in [1.82, 2.24) is 14.8 Å². The second-order valence-electron chi connectivity index (χ2n) is 5.09. The minimum absolute atomic E-state index is 0.230. The number of ether oxygens (including phenoxy) is 2. The zero-order chi connectivity index (χ0) is 15.9. The van der Waals surface area contributed by atoms with E-state index in [0.717, 1.165) is 0 Å². The number of hydrogen-bond donors (Lipinski definition) is 0. The Labute approximate surface area is 129 Å². The molecular formula is C15H21N3O4. The average Bonchev–Trinajstić information content (AvgIpc) is 2.54. The summed E-state index contributed by atoms with van der Waals surface area (Å²) in [7, 11) is 3.37. The molecule has 1 aromatic rings. The number of rotatable bonds is 0. The molecule has 2 amide bonds. The fourth-order valence-corrected chi connectivity index (χ4v) is 1.99. The Morgan fingerprint density at radius 2 is 1.32 bits per heavy atom. The van der Waals surface area contributed by atoms with E-state index in [1.54, 1.807) is 32.3 Å². The van der Waals surface area contributed by atoms with Crippen LogP contribution in [0.1, 0.15) is 21.0 Å². The Kier molecular flexibility index (Phi) is 5.85. The molecular weight excluding hydrogens is 286 g/mol. The molecule has 0 radical (unpaired) electrons. The van der Waals surface area contributed by atoms with Crippen molar-refractivity contribution in [3.8, 4) is 0 Å². The van der Waals surface area contributed by atoms with Gasteiger partial charge in [0, 0.05) is 27.2 Å². The van der Waals surface area contributed by atoms with Crippen molar-refractivity contribution >= 4 is 11.8 Å². The summed E-state index contributed by atoms with van der Waals surface area (Å²) in [5, 5.41) is 0. The van der Waals surface area contributed by atoms with E-state index in [1.807, 2.05) is 0 Å². The van der Waals surface area contributed by atoms with E-state index in [2.05, 4.69) is 4.98 Å². The van der Waals surface area contributed by atoms with E-state index in [0.29, 0.717) is 39.5 Å². The summed E-state index contributed by atoms with van der Waals surface area (Å²) in [6.45, 7) is 2.71. The minimum atomic E-state index is -0.230. The van der Waals surface area contributed by atoms with E-state index in [-0.39, 0.29) is 23.2 Å². The lowest BCUT2D eigenvalue weighted by Gasteiger charge is -2.17. The summed E-state index contributed by atoms with van der Waals surface area (Å²) >= 11 is 0. The zero-order valence-electron chi connectivity index (χ0n) is 12.9. The largest absolute Gasteiger partial charge is 0.377 e. The normalized spacial score (nSPS) is 18.8. The van der Waals surface area contributed by atoms with Crippen LogP contribution in [0.2, 0.25) is 0 Å². The maximum atomic E-state index is 12.3. The van der Waals surface area contributed by atoms with Gasteiger partial charge >= 0.3 is 0 Å². The molecule has 0 aromatic carbocycles. The number of hydrogen-bond acceptors (Lipinski definition) is 5. The zero-order valence-corrected chi connectivity index (χ0v) is 12.9. The molecule has 0 fully saturated rings. The highest BCUT2D eigenvalue weighted by Crippen LogP contribution is 2.06. The molecule has 0 unspecified atom stereocenters. The van der Waals surface area contributed by atoms with E-state index < -0.39 is 0 Å². The van der Waals surface area contributed by atoms with E-state index in [9.17, 15) is 9.59 Å². The highest BCUT2D eigenvalue weighted by Gasteiger charge is 2.18. The number of pyridine rings is 1. The quantitative estimate of drug-likeness (QED) is 0.688. The Hall–Kier alpha value is -1.99. The first-order chi connectivity index (χ1) is 10.6. The summed E-state index contributed by atoms with van der Waals surface area (Å²) in [6.07, 6.45) is 0. The Morgan fingerprint density at radius 3 is 1.77 bits per heavy atom. The molecule has 0 atom stereocenters. The third-order valence-electron chi connectivity index (χ3n) is 3.39. The molecule has 22 heavy (non-hydrogen) atoms. The lowest BCUT2D eigenvalue weighted by atomic mass is 10.2. The average molecular weight is 307 g/mol. The van der Waals surface area contributed by atoms with E-state index in [1.165, 1.54) is 9.80 Å². The third-order valence-corrected chi connectivity index (χ3v) is 3.39. The maximum absolute atomic E-state index is 12.3. The van der Waals surface area contributed by atoms with Crippen molar-refractivity contribution in [2.75, 3.05) is 53.6 Å². The molecule has 0 N–H and O–H groups in total. The summed E-state index contributed by atoms with van der Waals surface area (Å²) in [4.78, 5) is 31.8. The van der Waals surface area contributed by atoms with Crippen molar-refractivity contribution < 1.29 is 19.1 Å². The second kappa shape index (κ2) is 7.86. The highest BCUT2D eigenvalue weighted by molar-refractivity contribution is 5.96. The van der Waals surface area contributed by atoms with Crippen LogP contribution in [0.5, 0.6) is 0 Å². The molecule has 2 heterocycles. The Bertz CT molecular complexity index is 492. The molecule has 0 spiro atoms. The molecule has 1 aliphatic heterocycles. The SMILES string of the molecule is CN1CCOCCOCCN(C)C(=O)c2cccc(n2)C1=O. The van der Waals surface area contributed by atoms with Gasteiger partial charge in [-0.1, -0.05) is 6.07 Å². The molecule has 120 valence electrons. The van der Waals surface area contributed by atoms with Crippen molar-refractivity contribution in [2.45, 2.75) is 0 Å². The number of aromatic nitrogens is 1. The second-order valence-corrected chi connectivity index (χ2v) is 5.09. The van der Waals surface area contributed by atoms with Gasteiger partial charge in [-0.2, -0.15) is 0 Å². The fraction of sp³-hybridized carbons (Fsp3) is 0.533. The lowest BCUT2D eigenvalue weighted by Crippen LogP contribution is -2.32. The first-order valence-corrected chi connectivity index (χ1v) is 7.23. The highest BCUT2D eigenvalue weighted by atomic mass is 16.5. The van der Waals surface area contributed by atoms with Crippen LogP contribution in [-0.2, 0) is 9.47 Å². The maximum Gasteiger partial charge on any atom is 0.272 e. The third kappa shape index (κ3) is 4.25. The number of likely N-dealkylation sites (N-methyl/N-ethyl adjacent to an activating group) is 2. The standard InChI is InChI=1S/C15H21N3O4/c1-17-6-8-21-10-11-22-9-7-18(2)15(20)13-5-3-4-12(16-13)14(17)19/h3-5H,6-11H2,1-2H3. The Balaban J connectivity index is 2.20. The van der Waals surface area contributed by atoms with Crippen LogP contribution in [0.4, 0.5) is 0 Å². The monoisotopic (exact) mass is 307 g/mol. The van der Waals surface area contributed by atoms with Gasteiger partial charge in [0.05, 0.1) is 26.4 Å². The smallest absolute Gasteiger partial charge is 0.272 e. The number of amides is 2. The van der Waals surface area contributed by atoms with Crippen LogP contribution in [0, 0.1) is 0 Å². The van der Waals surface area contributed by atoms with Crippen molar-refractivity contribution in [3.63, 3.8) is 0 Å². The van der Waals surface area contributed by atoms with Crippen molar-refractivity contribution in [2.24, 2.45) is 0 Å². The molecule has 1 aliphatic rings. The fourth-order valence-electron chi connectivity index (χ4n) is 1.99. The molecule has 0 aliphatic carbocycles.